The Morgan fingerprint density at radius 3 is 2.68 bits per heavy atom. The summed E-state index contributed by atoms with van der Waals surface area (Å²) >= 11 is 0. The Balaban J connectivity index is 1.49. The first-order chi connectivity index (χ1) is 15.0. The summed E-state index contributed by atoms with van der Waals surface area (Å²) in [5, 5.41) is 4.09. The Morgan fingerprint density at radius 2 is 1.87 bits per heavy atom. The van der Waals surface area contributed by atoms with Crippen LogP contribution >= 0.6 is 0 Å². The topological polar surface area (TPSA) is 76.1 Å². The van der Waals surface area contributed by atoms with Crippen molar-refractivity contribution in [2.24, 2.45) is 7.05 Å². The Labute approximate surface area is 180 Å². The van der Waals surface area contributed by atoms with Gasteiger partial charge in [-0.05, 0) is 24.1 Å². The van der Waals surface area contributed by atoms with Crippen LogP contribution in [0.15, 0.2) is 77.9 Å². The van der Waals surface area contributed by atoms with E-state index >= 15 is 0 Å². The van der Waals surface area contributed by atoms with Crippen LogP contribution in [-0.2, 0) is 11.8 Å². The molecule has 2 N–H and O–H groups in total. The van der Waals surface area contributed by atoms with Crippen LogP contribution in [0.3, 0.4) is 0 Å². The molecule has 0 aliphatic rings. The minimum atomic E-state index is -0.275. The minimum absolute atomic E-state index is 0.0199. The average molecular weight is 415 g/mol. The van der Waals surface area contributed by atoms with Gasteiger partial charge in [0.1, 0.15) is 0 Å². The van der Waals surface area contributed by atoms with Crippen LogP contribution in [0.1, 0.15) is 22.7 Å². The number of aryl methyl sites for hydroxylation is 2. The van der Waals surface area contributed by atoms with E-state index in [1.54, 1.807) is 10.8 Å². The highest BCUT2D eigenvalue weighted by Crippen LogP contribution is 2.30. The van der Waals surface area contributed by atoms with Gasteiger partial charge in [0, 0.05) is 54.6 Å². The smallest absolute Gasteiger partial charge is 0.257 e. The molecule has 4 rings (SSSR count). The molecular weight excluding hydrogens is 390 g/mol. The van der Waals surface area contributed by atoms with Gasteiger partial charge in [0.2, 0.25) is 5.43 Å². The third-order valence-electron chi connectivity index (χ3n) is 5.51. The quantitative estimate of drug-likeness (QED) is 0.485. The third kappa shape index (κ3) is 4.53. The van der Waals surface area contributed by atoms with Gasteiger partial charge in [-0.1, -0.05) is 48.5 Å². The maximum atomic E-state index is 12.5. The zero-order valence-electron chi connectivity index (χ0n) is 17.6. The molecule has 1 amide bonds. The molecule has 31 heavy (non-hydrogen) atoms. The predicted molar refractivity (Wildman–Crippen MR) is 122 cm³/mol. The second-order valence-electron chi connectivity index (χ2n) is 7.60. The maximum Gasteiger partial charge on any atom is 0.257 e. The van der Waals surface area contributed by atoms with E-state index in [0.717, 1.165) is 27.7 Å². The van der Waals surface area contributed by atoms with Crippen molar-refractivity contribution in [3.63, 3.8) is 0 Å². The zero-order chi connectivity index (χ0) is 21.8. The number of nitrogens with zero attached hydrogens (tertiary/aromatic N) is 1. The lowest BCUT2D eigenvalue weighted by molar-refractivity contribution is -0.123. The van der Waals surface area contributed by atoms with Crippen molar-refractivity contribution in [2.45, 2.75) is 12.8 Å². The number of hydrogen-bond acceptors (Lipinski definition) is 3. The SMILES string of the molecule is Cc1cc(=O)c(OCC(=O)NC[C@H](c2ccccc2)c2c[nH]c3ccccc23)cn1C. The Bertz CT molecular complexity index is 1260. The van der Waals surface area contributed by atoms with Crippen molar-refractivity contribution in [3.05, 3.63) is 100 Å². The molecule has 0 unspecified atom stereocenters. The van der Waals surface area contributed by atoms with Crippen LogP contribution in [0.4, 0.5) is 0 Å². The molecule has 0 radical (unpaired) electrons. The van der Waals surface area contributed by atoms with Gasteiger partial charge in [-0.2, -0.15) is 0 Å². The fourth-order valence-corrected chi connectivity index (χ4v) is 3.70. The largest absolute Gasteiger partial charge is 0.478 e. The molecule has 0 saturated carbocycles. The van der Waals surface area contributed by atoms with Gasteiger partial charge in [-0.3, -0.25) is 9.59 Å². The molecule has 0 bridgehead atoms. The number of pyridine rings is 1. The Hall–Kier alpha value is -3.80. The molecule has 0 aliphatic carbocycles. The first kappa shape index (κ1) is 20.5. The summed E-state index contributed by atoms with van der Waals surface area (Å²) in [4.78, 5) is 27.9. The Morgan fingerprint density at radius 1 is 1.13 bits per heavy atom. The predicted octanol–water partition coefficient (Wildman–Crippen LogP) is 3.50. The number of H-pyrrole nitrogens is 1. The lowest BCUT2D eigenvalue weighted by Gasteiger charge is -2.18. The van der Waals surface area contributed by atoms with Crippen LogP contribution in [0, 0.1) is 6.92 Å². The summed E-state index contributed by atoms with van der Waals surface area (Å²) in [6.45, 7) is 2.04. The molecule has 6 heteroatoms. The summed E-state index contributed by atoms with van der Waals surface area (Å²) < 4.78 is 7.27. The number of aromatic nitrogens is 2. The molecule has 6 nitrogen and oxygen atoms in total. The number of carbonyl (C=O) groups is 1. The number of hydrogen-bond donors (Lipinski definition) is 2. The first-order valence-corrected chi connectivity index (χ1v) is 10.2. The number of carbonyl (C=O) groups excluding carboxylic acids is 1. The summed E-state index contributed by atoms with van der Waals surface area (Å²) in [6, 6.07) is 19.7. The number of aromatic amines is 1. The number of ether oxygens (including phenoxy) is 1. The summed E-state index contributed by atoms with van der Waals surface area (Å²) in [5.74, 6) is -0.128. The second kappa shape index (κ2) is 8.92. The van der Waals surface area contributed by atoms with E-state index < -0.39 is 0 Å². The summed E-state index contributed by atoms with van der Waals surface area (Å²) in [6.07, 6.45) is 3.60. The van der Waals surface area contributed by atoms with Crippen LogP contribution in [0.2, 0.25) is 0 Å². The number of fused-ring (bicyclic) bond motifs is 1. The van der Waals surface area contributed by atoms with E-state index in [-0.39, 0.29) is 29.6 Å². The van der Waals surface area contributed by atoms with Crippen LogP contribution in [0.25, 0.3) is 10.9 Å². The molecule has 1 atom stereocenters. The highest BCUT2D eigenvalue weighted by molar-refractivity contribution is 5.84. The molecule has 4 aromatic rings. The number of nitrogens with one attached hydrogen (secondary N) is 2. The van der Waals surface area contributed by atoms with Gasteiger partial charge in [0.15, 0.2) is 12.4 Å². The zero-order valence-corrected chi connectivity index (χ0v) is 17.6. The maximum absolute atomic E-state index is 12.5. The van der Waals surface area contributed by atoms with Gasteiger partial charge < -0.3 is 19.6 Å². The van der Waals surface area contributed by atoms with E-state index in [0.29, 0.717) is 6.54 Å². The lowest BCUT2D eigenvalue weighted by atomic mass is 9.91. The fraction of sp³-hybridized carbons (Fsp3) is 0.200. The normalized spacial score (nSPS) is 11.9. The monoisotopic (exact) mass is 415 g/mol. The first-order valence-electron chi connectivity index (χ1n) is 10.2. The average Bonchev–Trinajstić information content (AvgIpc) is 3.20. The van der Waals surface area contributed by atoms with Crippen LogP contribution < -0.4 is 15.5 Å². The van der Waals surface area contributed by atoms with Gasteiger partial charge >= 0.3 is 0 Å². The number of amides is 1. The molecule has 158 valence electrons. The number of rotatable bonds is 7. The molecule has 2 heterocycles. The molecule has 0 saturated heterocycles. The molecule has 0 fully saturated rings. The highest BCUT2D eigenvalue weighted by Gasteiger charge is 2.19. The van der Waals surface area contributed by atoms with E-state index in [9.17, 15) is 9.59 Å². The van der Waals surface area contributed by atoms with Crippen molar-refractivity contribution < 1.29 is 9.53 Å². The van der Waals surface area contributed by atoms with E-state index in [1.165, 1.54) is 6.07 Å². The molecule has 0 spiro atoms. The van der Waals surface area contributed by atoms with Crippen molar-refractivity contribution in [1.82, 2.24) is 14.9 Å². The van der Waals surface area contributed by atoms with Crippen molar-refractivity contribution in [3.8, 4) is 5.75 Å². The van der Waals surface area contributed by atoms with E-state index in [1.807, 2.05) is 56.6 Å². The molecule has 2 aromatic heterocycles. The second-order valence-corrected chi connectivity index (χ2v) is 7.60. The fourth-order valence-electron chi connectivity index (χ4n) is 3.70. The van der Waals surface area contributed by atoms with Crippen molar-refractivity contribution >= 4 is 16.8 Å². The van der Waals surface area contributed by atoms with E-state index in [2.05, 4.69) is 28.5 Å². The van der Waals surface area contributed by atoms with Gasteiger partial charge in [-0.15, -0.1) is 0 Å². The molecular formula is C25H25N3O3. The van der Waals surface area contributed by atoms with Gasteiger partial charge in [-0.25, -0.2) is 0 Å². The summed E-state index contributed by atoms with van der Waals surface area (Å²) in [7, 11) is 1.83. The lowest BCUT2D eigenvalue weighted by Crippen LogP contribution is -2.33. The van der Waals surface area contributed by atoms with E-state index in [4.69, 9.17) is 4.74 Å². The Kier molecular flexibility index (Phi) is 5.89. The number of para-hydroxylation sites is 1. The van der Waals surface area contributed by atoms with Gasteiger partial charge in [0.05, 0.1) is 0 Å². The van der Waals surface area contributed by atoms with Crippen LogP contribution in [0.5, 0.6) is 5.75 Å². The molecule has 2 aromatic carbocycles. The minimum Gasteiger partial charge on any atom is -0.478 e. The molecule has 0 aliphatic heterocycles. The van der Waals surface area contributed by atoms with Gasteiger partial charge in [0.25, 0.3) is 5.91 Å². The third-order valence-corrected chi connectivity index (χ3v) is 5.51. The van der Waals surface area contributed by atoms with Crippen molar-refractivity contribution in [1.29, 1.82) is 0 Å². The highest BCUT2D eigenvalue weighted by atomic mass is 16.5. The van der Waals surface area contributed by atoms with Crippen LogP contribution in [-0.4, -0.2) is 28.6 Å². The summed E-state index contributed by atoms with van der Waals surface area (Å²) in [5.41, 5.74) is 3.88. The number of benzene rings is 2. The van der Waals surface area contributed by atoms with Crippen molar-refractivity contribution in [2.75, 3.05) is 13.2 Å². The standard InChI is InChI=1S/C25H25N3O3/c1-17-12-23(29)24(15-28(17)2)31-16-25(30)27-13-20(18-8-4-3-5-9-18)21-14-26-22-11-7-6-10-19(21)22/h3-12,14-15,20,26H,13,16H2,1-2H3,(H,27,30)/t20-/m1/s1.